The van der Waals surface area contributed by atoms with E-state index in [0.717, 1.165) is 25.7 Å². The largest absolute Gasteiger partial charge is 0.334 e. The van der Waals surface area contributed by atoms with E-state index in [1.54, 1.807) is 6.92 Å². The molecule has 1 aliphatic rings. The molecular formula is C12H14N4O. The third kappa shape index (κ3) is 2.26. The minimum absolute atomic E-state index is 0.258. The third-order valence-corrected chi connectivity index (χ3v) is 3.18. The predicted octanol–water partition coefficient (Wildman–Crippen LogP) is 1.35. The van der Waals surface area contributed by atoms with Crippen molar-refractivity contribution in [2.24, 2.45) is 0 Å². The van der Waals surface area contributed by atoms with Crippen LogP contribution in [-0.4, -0.2) is 21.4 Å². The highest BCUT2D eigenvalue weighted by molar-refractivity contribution is 5.95. The molecule has 0 unspecified atom stereocenters. The Balaban J connectivity index is 2.17. The number of hydrogen-bond acceptors (Lipinski definition) is 4. The summed E-state index contributed by atoms with van der Waals surface area (Å²) in [4.78, 5) is 19.8. The van der Waals surface area contributed by atoms with Crippen LogP contribution in [0.5, 0.6) is 0 Å². The molecule has 5 heteroatoms. The van der Waals surface area contributed by atoms with Crippen LogP contribution in [0.25, 0.3) is 0 Å². The monoisotopic (exact) mass is 230 g/mol. The van der Waals surface area contributed by atoms with E-state index >= 15 is 0 Å². The summed E-state index contributed by atoms with van der Waals surface area (Å²) >= 11 is 0. The summed E-state index contributed by atoms with van der Waals surface area (Å²) < 4.78 is 0. The topological polar surface area (TPSA) is 78.7 Å². The van der Waals surface area contributed by atoms with Gasteiger partial charge in [0.2, 0.25) is 0 Å². The highest BCUT2D eigenvalue weighted by Crippen LogP contribution is 2.29. The zero-order valence-corrected chi connectivity index (χ0v) is 9.73. The molecular weight excluding hydrogens is 216 g/mol. The van der Waals surface area contributed by atoms with Crippen LogP contribution < -0.4 is 5.32 Å². The van der Waals surface area contributed by atoms with Crippen molar-refractivity contribution in [3.63, 3.8) is 0 Å². The molecule has 0 aliphatic heterocycles. The lowest BCUT2D eigenvalue weighted by atomic mass is 9.99. The number of aryl methyl sites for hydroxylation is 1. The maximum absolute atomic E-state index is 12.0. The Bertz CT molecular complexity index is 472. The van der Waals surface area contributed by atoms with Crippen molar-refractivity contribution in [2.75, 3.05) is 0 Å². The molecule has 0 radical (unpaired) electrons. The van der Waals surface area contributed by atoms with Crippen LogP contribution in [0.15, 0.2) is 12.5 Å². The Hall–Kier alpha value is -1.96. The second kappa shape index (κ2) is 4.50. The summed E-state index contributed by atoms with van der Waals surface area (Å²) in [6.07, 6.45) is 6.31. The van der Waals surface area contributed by atoms with Crippen molar-refractivity contribution in [1.29, 1.82) is 5.26 Å². The molecule has 5 nitrogen and oxygen atoms in total. The number of nitrogens with zero attached hydrogens (tertiary/aromatic N) is 3. The molecule has 1 amide bonds. The number of nitrogens with one attached hydrogen (secondary N) is 1. The Morgan fingerprint density at radius 3 is 2.82 bits per heavy atom. The maximum atomic E-state index is 12.0. The van der Waals surface area contributed by atoms with Gasteiger partial charge < -0.3 is 5.32 Å². The zero-order chi connectivity index (χ0) is 12.3. The van der Waals surface area contributed by atoms with Crippen molar-refractivity contribution in [1.82, 2.24) is 15.3 Å². The smallest absolute Gasteiger partial charge is 0.255 e. The lowest BCUT2D eigenvalue weighted by Gasteiger charge is -2.22. The molecule has 1 heterocycles. The average Bonchev–Trinajstić information content (AvgIpc) is 2.79. The van der Waals surface area contributed by atoms with Crippen LogP contribution in [0.3, 0.4) is 0 Å². The molecule has 1 aliphatic carbocycles. The normalized spacial score (nSPS) is 17.4. The minimum atomic E-state index is -0.695. The number of hydrogen-bond donors (Lipinski definition) is 1. The van der Waals surface area contributed by atoms with Gasteiger partial charge in [0.05, 0.1) is 17.3 Å². The number of carbonyl (C=O) groups excluding carboxylic acids is 1. The number of aromatic nitrogens is 2. The fourth-order valence-corrected chi connectivity index (χ4v) is 2.14. The first kappa shape index (κ1) is 11.5. The van der Waals surface area contributed by atoms with Crippen LogP contribution in [0.1, 0.15) is 41.7 Å². The van der Waals surface area contributed by atoms with E-state index in [4.69, 9.17) is 0 Å². The van der Waals surface area contributed by atoms with Crippen molar-refractivity contribution in [2.45, 2.75) is 38.1 Å². The fraction of sp³-hybridized carbons (Fsp3) is 0.500. The Kier molecular flexibility index (Phi) is 3.05. The molecule has 1 N–H and O–H groups in total. The first-order valence-electron chi connectivity index (χ1n) is 5.67. The molecule has 0 spiro atoms. The van der Waals surface area contributed by atoms with E-state index in [0.29, 0.717) is 11.3 Å². The van der Waals surface area contributed by atoms with Crippen molar-refractivity contribution < 1.29 is 4.79 Å². The molecule has 0 saturated heterocycles. The molecule has 1 saturated carbocycles. The van der Waals surface area contributed by atoms with Crippen molar-refractivity contribution >= 4 is 5.91 Å². The van der Waals surface area contributed by atoms with Crippen molar-refractivity contribution in [3.8, 4) is 6.07 Å². The van der Waals surface area contributed by atoms with Gasteiger partial charge in [0.25, 0.3) is 5.91 Å². The molecule has 0 bridgehead atoms. The number of rotatable bonds is 2. The summed E-state index contributed by atoms with van der Waals surface area (Å²) in [5.74, 6) is -0.258. The molecule has 1 fully saturated rings. The average molecular weight is 230 g/mol. The molecule has 0 aromatic carbocycles. The van der Waals surface area contributed by atoms with Crippen LogP contribution in [0.2, 0.25) is 0 Å². The Labute approximate surface area is 99.9 Å². The van der Waals surface area contributed by atoms with Crippen LogP contribution in [0, 0.1) is 18.3 Å². The lowest BCUT2D eigenvalue weighted by Crippen LogP contribution is -2.45. The van der Waals surface area contributed by atoms with E-state index in [2.05, 4.69) is 21.4 Å². The van der Waals surface area contributed by atoms with E-state index in [1.807, 2.05) is 0 Å². The first-order valence-corrected chi connectivity index (χ1v) is 5.67. The van der Waals surface area contributed by atoms with Crippen LogP contribution >= 0.6 is 0 Å². The Morgan fingerprint density at radius 1 is 1.53 bits per heavy atom. The molecule has 17 heavy (non-hydrogen) atoms. The highest BCUT2D eigenvalue weighted by atomic mass is 16.1. The first-order chi connectivity index (χ1) is 8.17. The maximum Gasteiger partial charge on any atom is 0.255 e. The van der Waals surface area contributed by atoms with Gasteiger partial charge in [0.1, 0.15) is 11.9 Å². The summed E-state index contributed by atoms with van der Waals surface area (Å²) in [6.45, 7) is 1.75. The van der Waals surface area contributed by atoms with Gasteiger partial charge in [-0.15, -0.1) is 0 Å². The van der Waals surface area contributed by atoms with Gasteiger partial charge >= 0.3 is 0 Å². The molecule has 0 atom stereocenters. The van der Waals surface area contributed by atoms with Gasteiger partial charge in [-0.05, 0) is 32.6 Å². The van der Waals surface area contributed by atoms with Gasteiger partial charge in [-0.25, -0.2) is 9.97 Å². The van der Waals surface area contributed by atoms with Crippen LogP contribution in [-0.2, 0) is 0 Å². The van der Waals surface area contributed by atoms with E-state index in [9.17, 15) is 10.1 Å². The van der Waals surface area contributed by atoms with E-state index in [1.165, 1.54) is 12.5 Å². The van der Waals surface area contributed by atoms with E-state index in [-0.39, 0.29) is 5.91 Å². The summed E-state index contributed by atoms with van der Waals surface area (Å²) in [5.41, 5.74) is 0.372. The molecule has 88 valence electrons. The summed E-state index contributed by atoms with van der Waals surface area (Å²) in [7, 11) is 0. The second-order valence-corrected chi connectivity index (χ2v) is 4.38. The number of amides is 1. The van der Waals surface area contributed by atoms with Crippen LogP contribution in [0.4, 0.5) is 0 Å². The van der Waals surface area contributed by atoms with Gasteiger partial charge in [-0.2, -0.15) is 5.26 Å². The van der Waals surface area contributed by atoms with Gasteiger partial charge in [-0.1, -0.05) is 0 Å². The predicted molar refractivity (Wildman–Crippen MR) is 61.0 cm³/mol. The number of carbonyl (C=O) groups is 1. The molecule has 2 rings (SSSR count). The lowest BCUT2D eigenvalue weighted by molar-refractivity contribution is 0.0919. The fourth-order valence-electron chi connectivity index (χ4n) is 2.14. The highest BCUT2D eigenvalue weighted by Gasteiger charge is 2.35. The SMILES string of the molecule is Cc1ncncc1C(=O)NC1(C#N)CCCC1. The van der Waals surface area contributed by atoms with Crippen molar-refractivity contribution in [3.05, 3.63) is 23.8 Å². The second-order valence-electron chi connectivity index (χ2n) is 4.38. The van der Waals surface area contributed by atoms with Gasteiger partial charge in [-0.3, -0.25) is 4.79 Å². The zero-order valence-electron chi connectivity index (χ0n) is 9.73. The Morgan fingerprint density at radius 2 is 2.24 bits per heavy atom. The quantitative estimate of drug-likeness (QED) is 0.831. The summed E-state index contributed by atoms with van der Waals surface area (Å²) in [5, 5.41) is 12.0. The summed E-state index contributed by atoms with van der Waals surface area (Å²) in [6, 6.07) is 2.22. The molecule has 1 aromatic rings. The standard InChI is InChI=1S/C12H14N4O/c1-9-10(6-14-8-15-9)11(17)16-12(7-13)4-2-3-5-12/h6,8H,2-5H2,1H3,(H,16,17). The van der Waals surface area contributed by atoms with E-state index < -0.39 is 5.54 Å². The minimum Gasteiger partial charge on any atom is -0.334 e. The molecule has 1 aromatic heterocycles. The number of nitriles is 1. The van der Waals surface area contributed by atoms with Gasteiger partial charge in [0, 0.05) is 6.20 Å². The van der Waals surface area contributed by atoms with Gasteiger partial charge in [0.15, 0.2) is 0 Å². The third-order valence-electron chi connectivity index (χ3n) is 3.18.